The van der Waals surface area contributed by atoms with Gasteiger partial charge in [0.1, 0.15) is 6.54 Å². The van der Waals surface area contributed by atoms with Gasteiger partial charge >= 0.3 is 5.97 Å². The molecule has 0 aromatic carbocycles. The van der Waals surface area contributed by atoms with E-state index in [1.165, 1.54) is 12.8 Å². The summed E-state index contributed by atoms with van der Waals surface area (Å²) in [5.41, 5.74) is 0. The van der Waals surface area contributed by atoms with Crippen molar-refractivity contribution < 1.29 is 14.7 Å². The van der Waals surface area contributed by atoms with Crippen molar-refractivity contribution in [2.24, 2.45) is 0 Å². The Hall–Kier alpha value is -0.750. The van der Waals surface area contributed by atoms with E-state index >= 15 is 0 Å². The molecule has 104 valence electrons. The molecule has 1 aliphatic heterocycles. The maximum atomic E-state index is 11.6. The van der Waals surface area contributed by atoms with Crippen molar-refractivity contribution >= 4 is 23.6 Å². The van der Waals surface area contributed by atoms with E-state index in [0.29, 0.717) is 11.8 Å². The van der Waals surface area contributed by atoms with E-state index < -0.39 is 5.97 Å². The Balaban J connectivity index is 2.34. The largest absolute Gasteiger partial charge is 0.480 e. The van der Waals surface area contributed by atoms with Crippen LogP contribution in [0.2, 0.25) is 0 Å². The lowest BCUT2D eigenvalue weighted by atomic mass is 10.2. The molecule has 0 aromatic heterocycles. The molecule has 1 saturated heterocycles. The number of amides is 1. The maximum absolute atomic E-state index is 11.6. The van der Waals surface area contributed by atoms with Gasteiger partial charge in [-0.1, -0.05) is 13.3 Å². The Bertz CT molecular complexity index is 286. The fraction of sp³-hybridized carbons (Fsp3) is 0.833. The van der Waals surface area contributed by atoms with Crippen molar-refractivity contribution in [3.05, 3.63) is 0 Å². The number of nitrogens with zero attached hydrogens (tertiary/aromatic N) is 1. The Morgan fingerprint density at radius 2 is 2.22 bits per heavy atom. The number of rotatable bonds is 6. The second kappa shape index (κ2) is 8.37. The van der Waals surface area contributed by atoms with Crippen molar-refractivity contribution in [1.82, 2.24) is 10.2 Å². The first-order valence-electron chi connectivity index (χ1n) is 6.44. The molecule has 0 bridgehead atoms. The van der Waals surface area contributed by atoms with E-state index in [-0.39, 0.29) is 12.5 Å². The topological polar surface area (TPSA) is 69.6 Å². The molecule has 18 heavy (non-hydrogen) atoms. The average Bonchev–Trinajstić information content (AvgIpc) is 2.52. The van der Waals surface area contributed by atoms with Crippen LogP contribution in [0.5, 0.6) is 0 Å². The smallest absolute Gasteiger partial charge is 0.322 e. The molecule has 1 rings (SSSR count). The summed E-state index contributed by atoms with van der Waals surface area (Å²) < 4.78 is 0. The zero-order valence-corrected chi connectivity index (χ0v) is 11.7. The van der Waals surface area contributed by atoms with Crippen LogP contribution in [-0.4, -0.2) is 59.1 Å². The Morgan fingerprint density at radius 1 is 1.44 bits per heavy atom. The monoisotopic (exact) mass is 274 g/mol. The zero-order chi connectivity index (χ0) is 13.4. The average molecular weight is 274 g/mol. The predicted molar refractivity (Wildman–Crippen MR) is 72.9 cm³/mol. The Morgan fingerprint density at radius 3 is 2.89 bits per heavy atom. The van der Waals surface area contributed by atoms with Crippen LogP contribution in [0.3, 0.4) is 0 Å². The lowest BCUT2D eigenvalue weighted by Crippen LogP contribution is -2.41. The molecule has 1 aliphatic rings. The lowest BCUT2D eigenvalue weighted by Gasteiger charge is -2.23. The maximum Gasteiger partial charge on any atom is 0.322 e. The van der Waals surface area contributed by atoms with E-state index in [1.54, 1.807) is 0 Å². The minimum absolute atomic E-state index is 0.195. The molecule has 1 atom stereocenters. The molecule has 1 unspecified atom stereocenters. The molecule has 0 aromatic rings. The number of carbonyl (C=O) groups is 2. The van der Waals surface area contributed by atoms with Crippen molar-refractivity contribution in [3.63, 3.8) is 0 Å². The van der Waals surface area contributed by atoms with Gasteiger partial charge in [-0.3, -0.25) is 14.5 Å². The normalized spacial score (nSPS) is 21.3. The number of carbonyl (C=O) groups excluding carboxylic acids is 1. The fourth-order valence-electron chi connectivity index (χ4n) is 2.13. The molecule has 0 saturated carbocycles. The van der Waals surface area contributed by atoms with Gasteiger partial charge in [0, 0.05) is 11.8 Å². The van der Waals surface area contributed by atoms with Crippen LogP contribution in [0.4, 0.5) is 0 Å². The molecule has 5 nitrogen and oxygen atoms in total. The van der Waals surface area contributed by atoms with Crippen LogP contribution in [0.1, 0.15) is 26.2 Å². The van der Waals surface area contributed by atoms with Gasteiger partial charge in [0.25, 0.3) is 0 Å². The van der Waals surface area contributed by atoms with Gasteiger partial charge in [0.2, 0.25) is 5.91 Å². The van der Waals surface area contributed by atoms with Crippen LogP contribution in [-0.2, 0) is 9.59 Å². The van der Waals surface area contributed by atoms with E-state index in [9.17, 15) is 9.59 Å². The summed E-state index contributed by atoms with van der Waals surface area (Å²) in [4.78, 5) is 24.1. The summed E-state index contributed by atoms with van der Waals surface area (Å²) in [6.45, 7) is 4.04. The van der Waals surface area contributed by atoms with Gasteiger partial charge in [0.15, 0.2) is 0 Å². The summed E-state index contributed by atoms with van der Waals surface area (Å²) >= 11 is 1.95. The molecule has 6 heteroatoms. The van der Waals surface area contributed by atoms with Crippen LogP contribution < -0.4 is 5.32 Å². The Labute approximate surface area is 112 Å². The first-order chi connectivity index (χ1) is 8.61. The van der Waals surface area contributed by atoms with E-state index in [2.05, 4.69) is 17.1 Å². The molecule has 0 aliphatic carbocycles. The third kappa shape index (κ3) is 6.26. The quantitative estimate of drug-likeness (QED) is 0.749. The molecule has 1 amide bonds. The molecular weight excluding hydrogens is 252 g/mol. The molecule has 2 N–H and O–H groups in total. The van der Waals surface area contributed by atoms with Crippen LogP contribution >= 0.6 is 11.8 Å². The molecule has 0 spiro atoms. The summed E-state index contributed by atoms with van der Waals surface area (Å²) in [6.07, 6.45) is 3.55. The fourth-order valence-corrected chi connectivity index (χ4v) is 3.25. The minimum atomic E-state index is -1.00. The second-order valence-corrected chi connectivity index (χ2v) is 6.06. The van der Waals surface area contributed by atoms with Gasteiger partial charge < -0.3 is 10.4 Å². The van der Waals surface area contributed by atoms with Gasteiger partial charge in [0.05, 0.1) is 6.54 Å². The van der Waals surface area contributed by atoms with E-state index in [4.69, 9.17) is 5.11 Å². The van der Waals surface area contributed by atoms with Gasteiger partial charge in [-0.2, -0.15) is 11.8 Å². The highest BCUT2D eigenvalue weighted by atomic mass is 32.2. The van der Waals surface area contributed by atoms with Gasteiger partial charge in [-0.25, -0.2) is 0 Å². The summed E-state index contributed by atoms with van der Waals surface area (Å²) in [5.74, 6) is -0.0952. The standard InChI is InChI=1S/C12H22N2O3S/c1-2-18-10-5-3-4-6-14(8-10)9-11(15)13-7-12(16)17/h10H,2-9H2,1H3,(H,13,15)(H,16,17). The van der Waals surface area contributed by atoms with E-state index in [1.807, 2.05) is 11.8 Å². The van der Waals surface area contributed by atoms with Gasteiger partial charge in [-0.15, -0.1) is 0 Å². The highest BCUT2D eigenvalue weighted by Gasteiger charge is 2.19. The highest BCUT2D eigenvalue weighted by Crippen LogP contribution is 2.21. The number of aliphatic carboxylic acids is 1. The summed E-state index contributed by atoms with van der Waals surface area (Å²) in [7, 11) is 0. The number of hydrogen-bond acceptors (Lipinski definition) is 4. The third-order valence-corrected chi connectivity index (χ3v) is 4.11. The lowest BCUT2D eigenvalue weighted by molar-refractivity contribution is -0.138. The number of nitrogens with one attached hydrogen (secondary N) is 1. The van der Waals surface area contributed by atoms with Crippen molar-refractivity contribution in [1.29, 1.82) is 0 Å². The van der Waals surface area contributed by atoms with Crippen LogP contribution in [0, 0.1) is 0 Å². The summed E-state index contributed by atoms with van der Waals surface area (Å²) in [6, 6.07) is 0. The van der Waals surface area contributed by atoms with Crippen molar-refractivity contribution in [3.8, 4) is 0 Å². The number of hydrogen-bond donors (Lipinski definition) is 2. The van der Waals surface area contributed by atoms with Crippen LogP contribution in [0.15, 0.2) is 0 Å². The number of likely N-dealkylation sites (tertiary alicyclic amines) is 1. The number of carboxylic acid groups (broad SMARTS) is 1. The van der Waals surface area contributed by atoms with Crippen molar-refractivity contribution in [2.75, 3.05) is 31.9 Å². The van der Waals surface area contributed by atoms with Crippen LogP contribution in [0.25, 0.3) is 0 Å². The predicted octanol–water partition coefficient (Wildman–Crippen LogP) is 0.795. The third-order valence-electron chi connectivity index (χ3n) is 2.92. The van der Waals surface area contributed by atoms with E-state index in [0.717, 1.165) is 25.3 Å². The summed E-state index contributed by atoms with van der Waals surface area (Å²) in [5, 5.41) is 11.5. The number of carboxylic acids is 1. The Kier molecular flexibility index (Phi) is 7.12. The van der Waals surface area contributed by atoms with Gasteiger partial charge in [-0.05, 0) is 25.1 Å². The first kappa shape index (κ1) is 15.3. The van der Waals surface area contributed by atoms with Crippen molar-refractivity contribution in [2.45, 2.75) is 31.4 Å². The molecular formula is C12H22N2O3S. The second-order valence-electron chi connectivity index (χ2n) is 4.48. The molecule has 1 fully saturated rings. The molecule has 1 heterocycles. The first-order valence-corrected chi connectivity index (χ1v) is 7.49. The zero-order valence-electron chi connectivity index (χ0n) is 10.9. The highest BCUT2D eigenvalue weighted by molar-refractivity contribution is 7.99. The number of thioether (sulfide) groups is 1. The SMILES string of the molecule is CCSC1CCCCN(CC(=O)NCC(=O)O)C1. The molecule has 0 radical (unpaired) electrons. The minimum Gasteiger partial charge on any atom is -0.480 e.